The summed E-state index contributed by atoms with van der Waals surface area (Å²) >= 11 is 6.07. The fraction of sp³-hybridized carbons (Fsp3) is 0.375. The molecule has 2 atom stereocenters. The van der Waals surface area contributed by atoms with Gasteiger partial charge in [0.15, 0.2) is 0 Å². The highest BCUT2D eigenvalue weighted by Crippen LogP contribution is 2.71. The van der Waals surface area contributed by atoms with Crippen LogP contribution in [0.25, 0.3) is 0 Å². The minimum Gasteiger partial charge on any atom is -0.326 e. The maximum atomic E-state index is 13.5. The molecule has 1 amide bonds. The molecule has 2 aromatic rings. The van der Waals surface area contributed by atoms with Gasteiger partial charge in [0.25, 0.3) is 0 Å². The number of fused-ring (bicyclic) bond motifs is 2. The molecule has 0 aromatic heterocycles. The highest BCUT2D eigenvalue weighted by molar-refractivity contribution is 6.30. The van der Waals surface area contributed by atoms with Crippen molar-refractivity contribution in [1.29, 1.82) is 0 Å². The van der Waals surface area contributed by atoms with Crippen molar-refractivity contribution in [1.82, 2.24) is 0 Å². The fourth-order valence-corrected chi connectivity index (χ4v) is 5.25. The summed E-state index contributed by atoms with van der Waals surface area (Å²) < 4.78 is 0. The van der Waals surface area contributed by atoms with Crippen LogP contribution >= 0.6 is 11.6 Å². The van der Waals surface area contributed by atoms with Crippen LogP contribution in [0.15, 0.2) is 59.8 Å². The van der Waals surface area contributed by atoms with E-state index in [0.29, 0.717) is 22.7 Å². The Morgan fingerprint density at radius 2 is 1.77 bits per heavy atom. The Morgan fingerprint density at radius 3 is 2.47 bits per heavy atom. The molecule has 156 valence electrons. The number of benzene rings is 2. The van der Waals surface area contributed by atoms with Gasteiger partial charge < -0.3 is 10.2 Å². The molecule has 5 nitrogen and oxygen atoms in total. The highest BCUT2D eigenvalue weighted by Gasteiger charge is 2.71. The molecule has 0 aliphatic heterocycles. The first-order valence-electron chi connectivity index (χ1n) is 10.1. The van der Waals surface area contributed by atoms with Crippen LogP contribution in [0.2, 0.25) is 5.02 Å². The Labute approximate surface area is 181 Å². The molecule has 2 saturated carbocycles. The molecule has 2 aromatic carbocycles. The van der Waals surface area contributed by atoms with E-state index >= 15 is 0 Å². The molecule has 0 radical (unpaired) electrons. The van der Waals surface area contributed by atoms with Crippen molar-refractivity contribution in [3.05, 3.63) is 65.2 Å². The van der Waals surface area contributed by atoms with Gasteiger partial charge in [-0.25, -0.2) is 4.79 Å². The molecule has 2 fully saturated rings. The van der Waals surface area contributed by atoms with Crippen molar-refractivity contribution in [2.45, 2.75) is 40.0 Å². The molecule has 0 spiro atoms. The standard InChI is InChI=1S/C24H25ClN2O3/c1-22(2)23(3)12-13-24(22,21(29)26-18-11-7-10-17(25)14-18)15-19(23)27-30-20(28)16-8-5-4-6-9-16/h4-11,14H,12-13,15H2,1-3H3,(H,26,29)/b27-19+. The van der Waals surface area contributed by atoms with Gasteiger partial charge in [-0.2, -0.15) is 0 Å². The largest absolute Gasteiger partial charge is 0.365 e. The Hall–Kier alpha value is -2.66. The molecule has 0 heterocycles. The zero-order valence-corrected chi connectivity index (χ0v) is 18.1. The number of nitrogens with zero attached hydrogens (tertiary/aromatic N) is 1. The molecular weight excluding hydrogens is 400 g/mol. The van der Waals surface area contributed by atoms with Gasteiger partial charge in [0.05, 0.1) is 16.7 Å². The topological polar surface area (TPSA) is 67.8 Å². The van der Waals surface area contributed by atoms with Gasteiger partial charge >= 0.3 is 5.97 Å². The van der Waals surface area contributed by atoms with Crippen molar-refractivity contribution in [3.63, 3.8) is 0 Å². The predicted molar refractivity (Wildman–Crippen MR) is 118 cm³/mol. The summed E-state index contributed by atoms with van der Waals surface area (Å²) in [4.78, 5) is 31.1. The zero-order chi connectivity index (χ0) is 21.6. The van der Waals surface area contributed by atoms with E-state index in [1.807, 2.05) is 18.2 Å². The van der Waals surface area contributed by atoms with E-state index < -0.39 is 11.4 Å². The van der Waals surface area contributed by atoms with E-state index in [-0.39, 0.29) is 16.7 Å². The van der Waals surface area contributed by atoms with Crippen LogP contribution in [0.4, 0.5) is 5.69 Å². The average molecular weight is 425 g/mol. The van der Waals surface area contributed by atoms with Gasteiger partial charge in [0.1, 0.15) is 0 Å². The summed E-state index contributed by atoms with van der Waals surface area (Å²) in [6.45, 7) is 6.34. The maximum absolute atomic E-state index is 13.5. The normalized spacial score (nSPS) is 27.8. The fourth-order valence-electron chi connectivity index (χ4n) is 5.06. The van der Waals surface area contributed by atoms with E-state index in [2.05, 4.69) is 31.2 Å². The molecule has 1 N–H and O–H groups in total. The van der Waals surface area contributed by atoms with Crippen molar-refractivity contribution >= 4 is 34.9 Å². The molecular formula is C24H25ClN2O3. The Balaban J connectivity index is 1.59. The number of halogens is 1. The number of hydrogen-bond donors (Lipinski definition) is 1. The summed E-state index contributed by atoms with van der Waals surface area (Å²) in [5.41, 5.74) is 0.595. The smallest absolute Gasteiger partial charge is 0.326 e. The number of carbonyl (C=O) groups excluding carboxylic acids is 2. The van der Waals surface area contributed by atoms with Gasteiger partial charge in [-0.05, 0) is 48.6 Å². The van der Waals surface area contributed by atoms with Crippen LogP contribution in [0.3, 0.4) is 0 Å². The second-order valence-electron chi connectivity index (χ2n) is 8.96. The van der Waals surface area contributed by atoms with Crippen molar-refractivity contribution in [2.24, 2.45) is 21.4 Å². The molecule has 4 rings (SSSR count). The van der Waals surface area contributed by atoms with Gasteiger partial charge in [-0.3, -0.25) is 4.79 Å². The van der Waals surface area contributed by atoms with Crippen LogP contribution in [0.5, 0.6) is 0 Å². The second kappa shape index (κ2) is 7.24. The first kappa shape index (κ1) is 20.6. The average Bonchev–Trinajstić information content (AvgIpc) is 3.03. The highest BCUT2D eigenvalue weighted by atomic mass is 35.5. The van der Waals surface area contributed by atoms with Gasteiger partial charge in [0, 0.05) is 22.5 Å². The van der Waals surface area contributed by atoms with Gasteiger partial charge in [0.2, 0.25) is 5.91 Å². The third kappa shape index (κ3) is 3.03. The van der Waals surface area contributed by atoms with E-state index in [1.54, 1.807) is 36.4 Å². The number of amides is 1. The quantitative estimate of drug-likeness (QED) is 0.505. The van der Waals surface area contributed by atoms with Crippen molar-refractivity contribution < 1.29 is 14.4 Å². The Bertz CT molecular complexity index is 1030. The lowest BCUT2D eigenvalue weighted by Crippen LogP contribution is -2.43. The summed E-state index contributed by atoms with van der Waals surface area (Å²) in [7, 11) is 0. The SMILES string of the molecule is CC12CCC(C(=O)Nc3cccc(Cl)c3)(C/C1=N\OC(=O)c1ccccc1)C2(C)C. The first-order valence-corrected chi connectivity index (χ1v) is 10.5. The number of carbonyl (C=O) groups is 2. The zero-order valence-electron chi connectivity index (χ0n) is 17.4. The Morgan fingerprint density at radius 1 is 1.03 bits per heavy atom. The minimum absolute atomic E-state index is 0.0434. The van der Waals surface area contributed by atoms with Crippen LogP contribution in [0.1, 0.15) is 50.4 Å². The third-order valence-corrected chi connectivity index (χ3v) is 7.73. The summed E-state index contributed by atoms with van der Waals surface area (Å²) in [6.07, 6.45) is 2.03. The van der Waals surface area contributed by atoms with Crippen LogP contribution in [0, 0.1) is 16.2 Å². The predicted octanol–water partition coefficient (Wildman–Crippen LogP) is 5.71. The molecule has 6 heteroatoms. The molecule has 0 saturated heterocycles. The van der Waals surface area contributed by atoms with Crippen LogP contribution < -0.4 is 5.32 Å². The van der Waals surface area contributed by atoms with Crippen molar-refractivity contribution in [2.75, 3.05) is 5.32 Å². The van der Waals surface area contributed by atoms with E-state index in [4.69, 9.17) is 16.4 Å². The number of nitrogens with one attached hydrogen (secondary N) is 1. The van der Waals surface area contributed by atoms with Gasteiger partial charge in [-0.15, -0.1) is 0 Å². The molecule has 2 unspecified atom stereocenters. The first-order chi connectivity index (χ1) is 14.2. The molecule has 2 aliphatic carbocycles. The van der Waals surface area contributed by atoms with Gasteiger partial charge in [-0.1, -0.05) is 61.8 Å². The third-order valence-electron chi connectivity index (χ3n) is 7.50. The Kier molecular flexibility index (Phi) is 4.97. The summed E-state index contributed by atoms with van der Waals surface area (Å²) in [5, 5.41) is 7.88. The maximum Gasteiger partial charge on any atom is 0.365 e. The van der Waals surface area contributed by atoms with E-state index in [0.717, 1.165) is 18.6 Å². The van der Waals surface area contributed by atoms with Crippen LogP contribution in [-0.4, -0.2) is 17.6 Å². The summed E-state index contributed by atoms with van der Waals surface area (Å²) in [6, 6.07) is 15.9. The second-order valence-corrected chi connectivity index (χ2v) is 9.40. The minimum atomic E-state index is -0.623. The van der Waals surface area contributed by atoms with Crippen LogP contribution in [-0.2, 0) is 9.63 Å². The number of anilines is 1. The van der Waals surface area contributed by atoms with E-state index in [9.17, 15) is 9.59 Å². The lowest BCUT2D eigenvalue weighted by molar-refractivity contribution is -0.130. The number of hydrogen-bond acceptors (Lipinski definition) is 4. The summed E-state index contributed by atoms with van der Waals surface area (Å²) in [5.74, 6) is -0.539. The molecule has 2 bridgehead atoms. The number of oxime groups is 1. The lowest BCUT2D eigenvalue weighted by Gasteiger charge is -2.39. The molecule has 30 heavy (non-hydrogen) atoms. The van der Waals surface area contributed by atoms with Crippen molar-refractivity contribution in [3.8, 4) is 0 Å². The monoisotopic (exact) mass is 424 g/mol. The number of rotatable bonds is 4. The lowest BCUT2D eigenvalue weighted by atomic mass is 9.64. The molecule has 2 aliphatic rings. The van der Waals surface area contributed by atoms with E-state index in [1.165, 1.54) is 0 Å².